The second kappa shape index (κ2) is 7.79. The second-order valence-electron chi connectivity index (χ2n) is 5.27. The van der Waals surface area contributed by atoms with Gasteiger partial charge in [0.1, 0.15) is 0 Å². The topological polar surface area (TPSA) is 41.1 Å². The van der Waals surface area contributed by atoms with E-state index in [0.29, 0.717) is 11.3 Å². The Morgan fingerprint density at radius 2 is 1.17 bits per heavy atom. The summed E-state index contributed by atoms with van der Waals surface area (Å²) in [6.07, 6.45) is 1.61. The number of allylic oxidation sites excluding steroid dienone is 1. The maximum absolute atomic E-state index is 12.5. The second-order valence-corrected chi connectivity index (χ2v) is 5.27. The average Bonchev–Trinajstić information content (AvgIpc) is 2.67. The van der Waals surface area contributed by atoms with E-state index in [2.05, 4.69) is 10.9 Å². The Bertz CT molecular complexity index is 812. The highest BCUT2D eigenvalue weighted by atomic mass is 16.1. The summed E-state index contributed by atoms with van der Waals surface area (Å²) >= 11 is 0. The van der Waals surface area contributed by atoms with Crippen LogP contribution in [0.2, 0.25) is 0 Å². The van der Waals surface area contributed by atoms with Crippen LogP contribution in [0.3, 0.4) is 0 Å². The largest absolute Gasteiger partial charge is 0.301 e. The van der Waals surface area contributed by atoms with Gasteiger partial charge in [-0.3, -0.25) is 4.79 Å². The Morgan fingerprint density at radius 1 is 0.667 bits per heavy atom. The van der Waals surface area contributed by atoms with Crippen molar-refractivity contribution in [3.63, 3.8) is 0 Å². The van der Waals surface area contributed by atoms with E-state index in [9.17, 15) is 4.79 Å². The molecule has 118 valence electrons. The van der Waals surface area contributed by atoms with Crippen molar-refractivity contribution >= 4 is 17.2 Å². The predicted molar refractivity (Wildman–Crippen MR) is 98.4 cm³/mol. The van der Waals surface area contributed by atoms with Crippen molar-refractivity contribution in [3.8, 4) is 0 Å². The Labute approximate surface area is 141 Å². The number of benzene rings is 3. The number of carbonyl (C=O) groups is 1. The van der Waals surface area contributed by atoms with Crippen LogP contribution in [0.4, 0.5) is 5.69 Å². The first kappa shape index (κ1) is 15.6. The molecule has 0 bridgehead atoms. The Morgan fingerprint density at radius 3 is 1.75 bits per heavy atom. The number of nitrogens with one attached hydrogen (secondary N) is 2. The molecular weight excluding hydrogens is 296 g/mol. The molecule has 0 amide bonds. The maximum Gasteiger partial charge on any atom is 0.187 e. The minimum Gasteiger partial charge on any atom is -0.301 e. The normalized spacial score (nSPS) is 10.9. The van der Waals surface area contributed by atoms with E-state index < -0.39 is 0 Å². The van der Waals surface area contributed by atoms with Crippen molar-refractivity contribution in [1.29, 1.82) is 0 Å². The summed E-state index contributed by atoms with van der Waals surface area (Å²) in [5.41, 5.74) is 9.51. The van der Waals surface area contributed by atoms with Gasteiger partial charge in [0, 0.05) is 11.6 Å². The van der Waals surface area contributed by atoms with Gasteiger partial charge in [0.2, 0.25) is 0 Å². The highest BCUT2D eigenvalue weighted by Gasteiger charge is 2.07. The van der Waals surface area contributed by atoms with Gasteiger partial charge in [-0.2, -0.15) is 0 Å². The summed E-state index contributed by atoms with van der Waals surface area (Å²) in [4.78, 5) is 12.5. The number of ketones is 1. The summed E-state index contributed by atoms with van der Waals surface area (Å²) in [6.45, 7) is 0. The van der Waals surface area contributed by atoms with E-state index in [1.54, 1.807) is 6.08 Å². The summed E-state index contributed by atoms with van der Waals surface area (Å²) in [7, 11) is 0. The van der Waals surface area contributed by atoms with Crippen LogP contribution in [0, 0.1) is 0 Å². The van der Waals surface area contributed by atoms with Gasteiger partial charge in [-0.25, -0.2) is 0 Å². The molecule has 3 nitrogen and oxygen atoms in total. The van der Waals surface area contributed by atoms with Gasteiger partial charge in [0.05, 0.1) is 11.4 Å². The van der Waals surface area contributed by atoms with Gasteiger partial charge < -0.3 is 10.9 Å². The number of anilines is 1. The third kappa shape index (κ3) is 4.11. The molecule has 0 aromatic heterocycles. The SMILES string of the molecule is O=C(/C=C(\NNc1ccccc1)c1ccccc1)c1ccccc1. The third-order valence-electron chi connectivity index (χ3n) is 3.53. The zero-order valence-corrected chi connectivity index (χ0v) is 13.1. The first-order valence-corrected chi connectivity index (χ1v) is 7.76. The number of hydrogen-bond donors (Lipinski definition) is 2. The number of rotatable bonds is 6. The standard InChI is InChI=1S/C21H18N2O/c24-21(18-12-6-2-7-13-18)16-20(17-10-4-1-5-11-17)23-22-19-14-8-3-9-15-19/h1-16,22-23H/b20-16-. The fourth-order valence-corrected chi connectivity index (χ4v) is 2.29. The highest BCUT2D eigenvalue weighted by Crippen LogP contribution is 2.14. The van der Waals surface area contributed by atoms with Crippen LogP contribution in [0.5, 0.6) is 0 Å². The molecule has 2 N–H and O–H groups in total. The molecule has 0 aliphatic carbocycles. The smallest absolute Gasteiger partial charge is 0.187 e. The molecule has 0 aliphatic heterocycles. The molecule has 0 atom stereocenters. The number of hydrogen-bond acceptors (Lipinski definition) is 3. The van der Waals surface area contributed by atoms with Gasteiger partial charge in [-0.1, -0.05) is 78.9 Å². The monoisotopic (exact) mass is 314 g/mol. The fourth-order valence-electron chi connectivity index (χ4n) is 2.29. The van der Waals surface area contributed by atoms with E-state index in [1.807, 2.05) is 91.0 Å². The van der Waals surface area contributed by atoms with Gasteiger partial charge in [0.25, 0.3) is 0 Å². The maximum atomic E-state index is 12.5. The molecule has 24 heavy (non-hydrogen) atoms. The van der Waals surface area contributed by atoms with Crippen molar-refractivity contribution in [2.75, 3.05) is 5.43 Å². The van der Waals surface area contributed by atoms with Crippen molar-refractivity contribution in [2.24, 2.45) is 0 Å². The first-order chi connectivity index (χ1) is 11.8. The van der Waals surface area contributed by atoms with Gasteiger partial charge in [-0.15, -0.1) is 0 Å². The lowest BCUT2D eigenvalue weighted by atomic mass is 10.1. The van der Waals surface area contributed by atoms with E-state index in [4.69, 9.17) is 0 Å². The molecule has 3 aromatic carbocycles. The lowest BCUT2D eigenvalue weighted by molar-refractivity contribution is 0.104. The highest BCUT2D eigenvalue weighted by molar-refractivity contribution is 6.08. The van der Waals surface area contributed by atoms with Crippen LogP contribution in [-0.2, 0) is 0 Å². The third-order valence-corrected chi connectivity index (χ3v) is 3.53. The van der Waals surface area contributed by atoms with Gasteiger partial charge in [-0.05, 0) is 17.7 Å². The van der Waals surface area contributed by atoms with Crippen molar-refractivity contribution in [3.05, 3.63) is 108 Å². The molecule has 0 spiro atoms. The number of para-hydroxylation sites is 1. The molecule has 0 saturated carbocycles. The van der Waals surface area contributed by atoms with E-state index in [-0.39, 0.29) is 5.78 Å². The van der Waals surface area contributed by atoms with E-state index >= 15 is 0 Å². The molecule has 0 fully saturated rings. The minimum absolute atomic E-state index is 0.0446. The summed E-state index contributed by atoms with van der Waals surface area (Å²) in [6, 6.07) is 28.8. The van der Waals surface area contributed by atoms with Crippen LogP contribution in [0.25, 0.3) is 5.70 Å². The molecular formula is C21H18N2O. The quantitative estimate of drug-likeness (QED) is 0.399. The Balaban J connectivity index is 1.85. The summed E-state index contributed by atoms with van der Waals surface area (Å²) < 4.78 is 0. The lowest BCUT2D eigenvalue weighted by Crippen LogP contribution is -2.20. The fraction of sp³-hybridized carbons (Fsp3) is 0. The number of hydrazine groups is 1. The van der Waals surface area contributed by atoms with Crippen LogP contribution in [-0.4, -0.2) is 5.78 Å². The van der Waals surface area contributed by atoms with Crippen LogP contribution in [0.15, 0.2) is 97.1 Å². The van der Waals surface area contributed by atoms with Crippen molar-refractivity contribution in [2.45, 2.75) is 0 Å². The van der Waals surface area contributed by atoms with Crippen LogP contribution >= 0.6 is 0 Å². The van der Waals surface area contributed by atoms with Crippen molar-refractivity contribution < 1.29 is 4.79 Å². The van der Waals surface area contributed by atoms with Gasteiger partial charge >= 0.3 is 0 Å². The molecule has 0 unspecified atom stereocenters. The zero-order valence-electron chi connectivity index (χ0n) is 13.1. The zero-order chi connectivity index (χ0) is 16.6. The predicted octanol–water partition coefficient (Wildman–Crippen LogP) is 4.53. The summed E-state index contributed by atoms with van der Waals surface area (Å²) in [5.74, 6) is -0.0446. The molecule has 0 radical (unpaired) electrons. The Hall–Kier alpha value is -3.33. The lowest BCUT2D eigenvalue weighted by Gasteiger charge is -2.13. The average molecular weight is 314 g/mol. The summed E-state index contributed by atoms with van der Waals surface area (Å²) in [5, 5.41) is 0. The van der Waals surface area contributed by atoms with Gasteiger partial charge in [0.15, 0.2) is 5.78 Å². The Kier molecular flexibility index (Phi) is 5.05. The molecule has 3 heteroatoms. The van der Waals surface area contributed by atoms with Crippen molar-refractivity contribution in [1.82, 2.24) is 5.43 Å². The molecule has 0 heterocycles. The number of carbonyl (C=O) groups excluding carboxylic acids is 1. The molecule has 3 rings (SSSR count). The van der Waals surface area contributed by atoms with Crippen LogP contribution < -0.4 is 10.9 Å². The van der Waals surface area contributed by atoms with E-state index in [1.165, 1.54) is 0 Å². The van der Waals surface area contributed by atoms with Crippen LogP contribution in [0.1, 0.15) is 15.9 Å². The molecule has 0 saturated heterocycles. The first-order valence-electron chi connectivity index (χ1n) is 7.76. The molecule has 3 aromatic rings. The molecule has 0 aliphatic rings. The minimum atomic E-state index is -0.0446. The van der Waals surface area contributed by atoms with E-state index in [0.717, 1.165) is 11.3 Å².